The first-order chi connectivity index (χ1) is 13.8. The third kappa shape index (κ3) is 3.14. The smallest absolute Gasteiger partial charge is 0.256 e. The SMILES string of the molecule is O=C([C@@H]1CC[C@H](c2nc(-c3nccc4ccccc34)no2)O1)N1CCOCC1. The Bertz CT molecular complexity index is 993. The van der Waals surface area contributed by atoms with Gasteiger partial charge in [-0.05, 0) is 24.3 Å². The van der Waals surface area contributed by atoms with Crippen LogP contribution in [0.25, 0.3) is 22.3 Å². The van der Waals surface area contributed by atoms with E-state index in [0.29, 0.717) is 56.6 Å². The van der Waals surface area contributed by atoms with Crippen molar-refractivity contribution < 1.29 is 18.8 Å². The van der Waals surface area contributed by atoms with Gasteiger partial charge in [-0.25, -0.2) is 0 Å². The van der Waals surface area contributed by atoms with Crippen molar-refractivity contribution in [3.05, 3.63) is 42.4 Å². The van der Waals surface area contributed by atoms with Gasteiger partial charge in [0.05, 0.1) is 13.2 Å². The molecule has 8 nitrogen and oxygen atoms in total. The Labute approximate surface area is 161 Å². The van der Waals surface area contributed by atoms with Crippen molar-refractivity contribution in [1.82, 2.24) is 20.0 Å². The number of benzene rings is 1. The van der Waals surface area contributed by atoms with Gasteiger partial charge in [0.1, 0.15) is 17.9 Å². The zero-order chi connectivity index (χ0) is 18.9. The van der Waals surface area contributed by atoms with Gasteiger partial charge in [0.15, 0.2) is 0 Å². The molecule has 3 aromatic rings. The number of aromatic nitrogens is 3. The summed E-state index contributed by atoms with van der Waals surface area (Å²) in [5.74, 6) is 0.835. The molecule has 0 saturated carbocycles. The maximum atomic E-state index is 12.6. The number of nitrogens with zero attached hydrogens (tertiary/aromatic N) is 4. The van der Waals surface area contributed by atoms with Gasteiger partial charge in [-0.1, -0.05) is 29.4 Å². The lowest BCUT2D eigenvalue weighted by Gasteiger charge is -2.28. The number of amides is 1. The molecule has 1 amide bonds. The molecule has 0 spiro atoms. The number of hydrogen-bond acceptors (Lipinski definition) is 7. The second kappa shape index (κ2) is 7.29. The molecule has 2 atom stereocenters. The van der Waals surface area contributed by atoms with Gasteiger partial charge in [0.2, 0.25) is 5.82 Å². The van der Waals surface area contributed by atoms with Crippen LogP contribution in [0.2, 0.25) is 0 Å². The standard InChI is InChI=1S/C20H20N4O4/c25-20(24-9-11-26-12-10-24)16-6-5-15(27-16)19-22-18(23-28-19)17-14-4-2-1-3-13(14)7-8-21-17/h1-4,7-8,15-16H,5-6,9-12H2/t15-,16+/m1/s1. The average Bonchev–Trinajstić information content (AvgIpc) is 3.43. The topological polar surface area (TPSA) is 90.6 Å². The lowest BCUT2D eigenvalue weighted by Crippen LogP contribution is -2.45. The lowest BCUT2D eigenvalue weighted by atomic mass is 10.1. The number of rotatable bonds is 3. The van der Waals surface area contributed by atoms with Crippen LogP contribution in [0.4, 0.5) is 0 Å². The normalized spacial score (nSPS) is 22.6. The van der Waals surface area contributed by atoms with Crippen LogP contribution in [0.1, 0.15) is 24.8 Å². The highest BCUT2D eigenvalue weighted by Gasteiger charge is 2.37. The minimum Gasteiger partial charge on any atom is -0.378 e. The number of ether oxygens (including phenoxy) is 2. The highest BCUT2D eigenvalue weighted by atomic mass is 16.5. The summed E-state index contributed by atoms with van der Waals surface area (Å²) in [5.41, 5.74) is 0.673. The van der Waals surface area contributed by atoms with Crippen molar-refractivity contribution in [3.8, 4) is 11.5 Å². The molecule has 4 heterocycles. The van der Waals surface area contributed by atoms with Crippen molar-refractivity contribution in [1.29, 1.82) is 0 Å². The summed E-state index contributed by atoms with van der Waals surface area (Å²) in [4.78, 5) is 23.4. The predicted octanol–water partition coefficient (Wildman–Crippen LogP) is 2.36. The summed E-state index contributed by atoms with van der Waals surface area (Å²) in [6, 6.07) is 9.88. The van der Waals surface area contributed by atoms with Gasteiger partial charge < -0.3 is 18.9 Å². The molecule has 1 aromatic carbocycles. The molecule has 2 fully saturated rings. The maximum absolute atomic E-state index is 12.6. The highest BCUT2D eigenvalue weighted by molar-refractivity contribution is 5.92. The lowest BCUT2D eigenvalue weighted by molar-refractivity contribution is -0.147. The second-order valence-electron chi connectivity index (χ2n) is 6.97. The first kappa shape index (κ1) is 17.3. The summed E-state index contributed by atoms with van der Waals surface area (Å²) >= 11 is 0. The molecule has 0 unspecified atom stereocenters. The minimum atomic E-state index is -0.464. The van der Waals surface area contributed by atoms with Crippen LogP contribution in [0.5, 0.6) is 0 Å². The Balaban J connectivity index is 1.33. The number of fused-ring (bicyclic) bond motifs is 1. The Morgan fingerprint density at radius 2 is 1.96 bits per heavy atom. The molecule has 2 aliphatic heterocycles. The Morgan fingerprint density at radius 3 is 2.86 bits per heavy atom. The van der Waals surface area contributed by atoms with Crippen molar-refractivity contribution in [3.63, 3.8) is 0 Å². The van der Waals surface area contributed by atoms with E-state index in [2.05, 4.69) is 15.1 Å². The first-order valence-corrected chi connectivity index (χ1v) is 9.49. The van der Waals surface area contributed by atoms with Gasteiger partial charge in [-0.15, -0.1) is 0 Å². The van der Waals surface area contributed by atoms with E-state index in [1.54, 1.807) is 11.1 Å². The van der Waals surface area contributed by atoms with Crippen molar-refractivity contribution >= 4 is 16.7 Å². The van der Waals surface area contributed by atoms with E-state index in [1.165, 1.54) is 0 Å². The highest BCUT2D eigenvalue weighted by Crippen LogP contribution is 2.34. The first-order valence-electron chi connectivity index (χ1n) is 9.49. The Hall–Kier alpha value is -2.84. The maximum Gasteiger partial charge on any atom is 0.256 e. The molecule has 0 aliphatic carbocycles. The number of pyridine rings is 1. The quantitative estimate of drug-likeness (QED) is 0.689. The van der Waals surface area contributed by atoms with Gasteiger partial charge in [-0.3, -0.25) is 9.78 Å². The fraction of sp³-hybridized carbons (Fsp3) is 0.400. The number of morpholine rings is 1. The zero-order valence-corrected chi connectivity index (χ0v) is 15.3. The second-order valence-corrected chi connectivity index (χ2v) is 6.97. The molecule has 8 heteroatoms. The van der Waals surface area contributed by atoms with Gasteiger partial charge in [-0.2, -0.15) is 4.98 Å². The van der Waals surface area contributed by atoms with Crippen LogP contribution >= 0.6 is 0 Å². The third-order valence-electron chi connectivity index (χ3n) is 5.22. The predicted molar refractivity (Wildman–Crippen MR) is 99.3 cm³/mol. The van der Waals surface area contributed by atoms with Crippen LogP contribution in [0.15, 0.2) is 41.1 Å². The van der Waals surface area contributed by atoms with Crippen molar-refractivity contribution in [2.45, 2.75) is 25.0 Å². The van der Waals surface area contributed by atoms with Crippen LogP contribution in [0.3, 0.4) is 0 Å². The molecule has 5 rings (SSSR count). The molecule has 0 bridgehead atoms. The van der Waals surface area contributed by atoms with Crippen molar-refractivity contribution in [2.24, 2.45) is 0 Å². The van der Waals surface area contributed by atoms with Gasteiger partial charge >= 0.3 is 0 Å². The molecular weight excluding hydrogens is 360 g/mol. The minimum absolute atomic E-state index is 0.0151. The number of hydrogen-bond donors (Lipinski definition) is 0. The largest absolute Gasteiger partial charge is 0.378 e. The van der Waals surface area contributed by atoms with E-state index in [0.717, 1.165) is 10.8 Å². The summed E-state index contributed by atoms with van der Waals surface area (Å²) in [7, 11) is 0. The average molecular weight is 380 g/mol. The van der Waals surface area contributed by atoms with Crippen LogP contribution < -0.4 is 0 Å². The van der Waals surface area contributed by atoms with E-state index in [1.807, 2.05) is 30.3 Å². The van der Waals surface area contributed by atoms with E-state index in [9.17, 15) is 4.79 Å². The van der Waals surface area contributed by atoms with E-state index >= 15 is 0 Å². The van der Waals surface area contributed by atoms with Crippen LogP contribution in [-0.2, 0) is 14.3 Å². The Morgan fingerprint density at radius 1 is 1.11 bits per heavy atom. The molecule has 0 radical (unpaired) electrons. The Kier molecular flexibility index (Phi) is 4.50. The molecule has 28 heavy (non-hydrogen) atoms. The fourth-order valence-electron chi connectivity index (χ4n) is 3.75. The van der Waals surface area contributed by atoms with Crippen LogP contribution in [-0.4, -0.2) is 58.3 Å². The van der Waals surface area contributed by atoms with Gasteiger partial charge in [0.25, 0.3) is 11.8 Å². The summed E-state index contributed by atoms with van der Waals surface area (Å²) in [6.45, 7) is 2.38. The molecule has 2 aliphatic rings. The molecule has 144 valence electrons. The zero-order valence-electron chi connectivity index (χ0n) is 15.3. The molecule has 2 saturated heterocycles. The fourth-order valence-corrected chi connectivity index (χ4v) is 3.75. The summed E-state index contributed by atoms with van der Waals surface area (Å²) < 4.78 is 16.7. The van der Waals surface area contributed by atoms with Crippen LogP contribution in [0, 0.1) is 0 Å². The van der Waals surface area contributed by atoms with E-state index in [-0.39, 0.29) is 12.0 Å². The summed E-state index contributed by atoms with van der Waals surface area (Å²) in [6.07, 6.45) is 2.22. The number of carbonyl (C=O) groups excluding carboxylic acids is 1. The van der Waals surface area contributed by atoms with Crippen molar-refractivity contribution in [2.75, 3.05) is 26.3 Å². The molecule has 0 N–H and O–H groups in total. The molecular formula is C20H20N4O4. The number of carbonyl (C=O) groups is 1. The van der Waals surface area contributed by atoms with E-state index < -0.39 is 6.10 Å². The molecule has 2 aromatic heterocycles. The monoisotopic (exact) mass is 380 g/mol. The van der Waals surface area contributed by atoms with Gasteiger partial charge in [0, 0.05) is 24.7 Å². The third-order valence-corrected chi connectivity index (χ3v) is 5.22. The van der Waals surface area contributed by atoms with E-state index in [4.69, 9.17) is 14.0 Å². The summed E-state index contributed by atoms with van der Waals surface area (Å²) in [5, 5.41) is 6.13.